The number of fused-ring (bicyclic) bond motifs is 3. The molecule has 164 valence electrons. The lowest BCUT2D eigenvalue weighted by atomic mass is 10.00. The van der Waals surface area contributed by atoms with Gasteiger partial charge in [-0.25, -0.2) is 4.98 Å². The number of anilines is 1. The van der Waals surface area contributed by atoms with Crippen molar-refractivity contribution in [2.45, 2.75) is 32.9 Å². The Kier molecular flexibility index (Phi) is 5.49. The third kappa shape index (κ3) is 4.16. The van der Waals surface area contributed by atoms with Crippen LogP contribution >= 0.6 is 0 Å². The van der Waals surface area contributed by atoms with E-state index in [0.717, 1.165) is 30.9 Å². The van der Waals surface area contributed by atoms with E-state index in [0.29, 0.717) is 16.8 Å². The molecule has 0 bridgehead atoms. The highest BCUT2D eigenvalue weighted by atomic mass is 16.3. The number of rotatable bonds is 5. The molecule has 5 rings (SSSR count). The van der Waals surface area contributed by atoms with Crippen molar-refractivity contribution in [1.29, 1.82) is 0 Å². The van der Waals surface area contributed by atoms with Gasteiger partial charge in [0, 0.05) is 24.2 Å². The summed E-state index contributed by atoms with van der Waals surface area (Å²) in [7, 11) is 0. The van der Waals surface area contributed by atoms with Gasteiger partial charge in [-0.15, -0.1) is 0 Å². The number of para-hydroxylation sites is 1. The van der Waals surface area contributed by atoms with E-state index in [1.807, 2.05) is 42.5 Å². The molecule has 1 atom stereocenters. The van der Waals surface area contributed by atoms with E-state index in [-0.39, 0.29) is 23.6 Å². The molecule has 1 amide bonds. The molecule has 0 saturated carbocycles. The second kappa shape index (κ2) is 8.59. The molecule has 2 aromatic heterocycles. The van der Waals surface area contributed by atoms with E-state index in [1.165, 1.54) is 29.3 Å². The number of likely N-dealkylation sites (tertiary alicyclic amines) is 1. The van der Waals surface area contributed by atoms with E-state index >= 15 is 0 Å². The van der Waals surface area contributed by atoms with Crippen LogP contribution in [0.3, 0.4) is 0 Å². The van der Waals surface area contributed by atoms with E-state index in [4.69, 9.17) is 4.42 Å². The van der Waals surface area contributed by atoms with Crippen LogP contribution in [0.15, 0.2) is 64.1 Å². The van der Waals surface area contributed by atoms with Gasteiger partial charge in [0.25, 0.3) is 5.56 Å². The Bertz CT molecular complexity index is 1320. The van der Waals surface area contributed by atoms with Crippen LogP contribution in [0.5, 0.6) is 0 Å². The number of carbonyl (C=O) groups excluding carboxylic acids is 1. The summed E-state index contributed by atoms with van der Waals surface area (Å²) in [4.78, 5) is 32.2. The van der Waals surface area contributed by atoms with Gasteiger partial charge in [-0.1, -0.05) is 31.2 Å². The van der Waals surface area contributed by atoms with Crippen molar-refractivity contribution >= 4 is 33.7 Å². The van der Waals surface area contributed by atoms with Crippen LogP contribution in [0, 0.1) is 5.92 Å². The molecule has 2 aromatic carbocycles. The number of benzene rings is 2. The Morgan fingerprint density at radius 1 is 1.19 bits per heavy atom. The van der Waals surface area contributed by atoms with Gasteiger partial charge in [-0.2, -0.15) is 0 Å². The average molecular weight is 431 g/mol. The number of piperidine rings is 1. The number of hydrogen-bond donors (Lipinski definition) is 1. The highest BCUT2D eigenvalue weighted by Gasteiger charge is 2.17. The van der Waals surface area contributed by atoms with Gasteiger partial charge in [-0.3, -0.25) is 19.1 Å². The number of carbonyl (C=O) groups is 1. The molecule has 1 aliphatic heterocycles. The molecule has 4 aromatic rings. The molecule has 1 aliphatic rings. The zero-order chi connectivity index (χ0) is 22.1. The quantitative estimate of drug-likeness (QED) is 0.517. The Balaban J connectivity index is 1.25. The molecule has 0 aliphatic carbocycles. The second-order valence-electron chi connectivity index (χ2n) is 8.68. The van der Waals surface area contributed by atoms with Gasteiger partial charge in [0.2, 0.25) is 11.5 Å². The Hall–Kier alpha value is -3.45. The topological polar surface area (TPSA) is 80.4 Å². The lowest BCUT2D eigenvalue weighted by Crippen LogP contribution is -2.33. The van der Waals surface area contributed by atoms with Crippen molar-refractivity contribution in [3.63, 3.8) is 0 Å². The number of nitrogens with one attached hydrogen (secondary N) is 1. The van der Waals surface area contributed by atoms with Crippen LogP contribution in [0.2, 0.25) is 0 Å². The zero-order valence-corrected chi connectivity index (χ0v) is 18.1. The first-order valence-electron chi connectivity index (χ1n) is 11.0. The summed E-state index contributed by atoms with van der Waals surface area (Å²) < 4.78 is 6.94. The van der Waals surface area contributed by atoms with E-state index in [2.05, 4.69) is 22.1 Å². The first-order chi connectivity index (χ1) is 15.6. The van der Waals surface area contributed by atoms with Gasteiger partial charge in [0.1, 0.15) is 17.6 Å². The molecule has 1 saturated heterocycles. The number of aromatic nitrogens is 2. The van der Waals surface area contributed by atoms with Crippen LogP contribution in [0.1, 0.15) is 25.3 Å². The fourth-order valence-electron chi connectivity index (χ4n) is 4.47. The van der Waals surface area contributed by atoms with Crippen molar-refractivity contribution < 1.29 is 9.21 Å². The molecule has 3 heterocycles. The summed E-state index contributed by atoms with van der Waals surface area (Å²) in [6.45, 7) is 5.37. The molecule has 32 heavy (non-hydrogen) atoms. The van der Waals surface area contributed by atoms with Crippen molar-refractivity contribution in [2.75, 3.05) is 18.4 Å². The Morgan fingerprint density at radius 2 is 2.00 bits per heavy atom. The maximum Gasteiger partial charge on any atom is 0.297 e. The molecule has 0 spiro atoms. The standard InChI is InChI=1S/C25H26N4O3/c1-17-5-4-12-28(13-17)14-18-8-10-19(11-9-18)27-22(30)15-29-16-26-23-20-6-2-3-7-21(20)32-24(23)25(29)31/h2-3,6-11,16-17H,4-5,12-15H2,1H3,(H,27,30). The van der Waals surface area contributed by atoms with E-state index in [1.54, 1.807) is 6.07 Å². The van der Waals surface area contributed by atoms with Crippen molar-refractivity contribution in [2.24, 2.45) is 5.92 Å². The summed E-state index contributed by atoms with van der Waals surface area (Å²) in [6, 6.07) is 15.3. The predicted molar refractivity (Wildman–Crippen MR) is 125 cm³/mol. The van der Waals surface area contributed by atoms with E-state index in [9.17, 15) is 9.59 Å². The van der Waals surface area contributed by atoms with Crippen molar-refractivity contribution in [3.8, 4) is 0 Å². The van der Waals surface area contributed by atoms with Crippen LogP contribution in [0.25, 0.3) is 22.1 Å². The lowest BCUT2D eigenvalue weighted by molar-refractivity contribution is -0.116. The number of nitrogens with zero attached hydrogens (tertiary/aromatic N) is 3. The highest BCUT2D eigenvalue weighted by molar-refractivity contribution is 6.01. The summed E-state index contributed by atoms with van der Waals surface area (Å²) in [5.74, 6) is 0.459. The first kappa shape index (κ1) is 20.5. The fraction of sp³-hybridized carbons (Fsp3) is 0.320. The first-order valence-corrected chi connectivity index (χ1v) is 11.0. The third-order valence-corrected chi connectivity index (χ3v) is 6.05. The third-order valence-electron chi connectivity index (χ3n) is 6.05. The van der Waals surface area contributed by atoms with Gasteiger partial charge in [-0.05, 0) is 55.1 Å². The SMILES string of the molecule is CC1CCCN(Cc2ccc(NC(=O)Cn3cnc4c(oc5ccccc54)c3=O)cc2)C1. The average Bonchev–Trinajstić information content (AvgIpc) is 3.17. The minimum atomic E-state index is -0.368. The minimum Gasteiger partial charge on any atom is -0.448 e. The number of amides is 1. The summed E-state index contributed by atoms with van der Waals surface area (Å²) in [5.41, 5.74) is 2.85. The van der Waals surface area contributed by atoms with E-state index < -0.39 is 0 Å². The zero-order valence-electron chi connectivity index (χ0n) is 18.1. The van der Waals surface area contributed by atoms with Gasteiger partial charge in [0.05, 0.1) is 6.33 Å². The molecule has 7 nitrogen and oxygen atoms in total. The molecular weight excluding hydrogens is 404 g/mol. The molecular formula is C25H26N4O3. The molecule has 0 radical (unpaired) electrons. The maximum atomic E-state index is 12.8. The predicted octanol–water partition coefficient (Wildman–Crippen LogP) is 4.01. The summed E-state index contributed by atoms with van der Waals surface area (Å²) >= 11 is 0. The normalized spacial score (nSPS) is 17.1. The van der Waals surface area contributed by atoms with Gasteiger partial charge >= 0.3 is 0 Å². The van der Waals surface area contributed by atoms with Gasteiger partial charge < -0.3 is 9.73 Å². The largest absolute Gasteiger partial charge is 0.448 e. The highest BCUT2D eigenvalue weighted by Crippen LogP contribution is 2.24. The smallest absolute Gasteiger partial charge is 0.297 e. The Morgan fingerprint density at radius 3 is 2.81 bits per heavy atom. The molecule has 1 fully saturated rings. The maximum absolute atomic E-state index is 12.8. The van der Waals surface area contributed by atoms with Crippen molar-refractivity contribution in [1.82, 2.24) is 14.5 Å². The second-order valence-corrected chi connectivity index (χ2v) is 8.68. The molecule has 7 heteroatoms. The summed E-state index contributed by atoms with van der Waals surface area (Å²) in [6.07, 6.45) is 3.96. The summed E-state index contributed by atoms with van der Waals surface area (Å²) in [5, 5.41) is 3.65. The number of furan rings is 1. The van der Waals surface area contributed by atoms with Crippen LogP contribution in [0.4, 0.5) is 5.69 Å². The monoisotopic (exact) mass is 430 g/mol. The number of hydrogen-bond acceptors (Lipinski definition) is 5. The minimum absolute atomic E-state index is 0.133. The van der Waals surface area contributed by atoms with Crippen LogP contribution < -0.4 is 10.9 Å². The van der Waals surface area contributed by atoms with Crippen molar-refractivity contribution in [3.05, 3.63) is 70.8 Å². The fourth-order valence-corrected chi connectivity index (χ4v) is 4.47. The molecule has 1 N–H and O–H groups in total. The van der Waals surface area contributed by atoms with Gasteiger partial charge in [0.15, 0.2) is 0 Å². The molecule has 1 unspecified atom stereocenters. The van der Waals surface area contributed by atoms with Crippen LogP contribution in [-0.4, -0.2) is 33.4 Å². The lowest BCUT2D eigenvalue weighted by Gasteiger charge is -2.30. The van der Waals surface area contributed by atoms with Crippen LogP contribution in [-0.2, 0) is 17.9 Å². The Labute approximate surface area is 185 Å².